The number of nitrogens with one attached hydrogen (secondary N) is 1. The number of aromatic nitrogens is 4. The average molecular weight is 370 g/mol. The van der Waals surface area contributed by atoms with Gasteiger partial charge < -0.3 is 10.1 Å². The predicted octanol–water partition coefficient (Wildman–Crippen LogP) is 4.26. The number of hydrogen-bond acceptors (Lipinski definition) is 3. The lowest BCUT2D eigenvalue weighted by atomic mass is 9.85. The molecule has 1 saturated carbocycles. The molecule has 0 bridgehead atoms. The summed E-state index contributed by atoms with van der Waals surface area (Å²) in [5.41, 5.74) is 3.89. The van der Waals surface area contributed by atoms with Crippen LogP contribution in [0.4, 0.5) is 0 Å². The fourth-order valence-electron chi connectivity index (χ4n) is 4.17. The van der Waals surface area contributed by atoms with Crippen molar-refractivity contribution in [2.45, 2.75) is 44.6 Å². The van der Waals surface area contributed by atoms with Crippen molar-refractivity contribution in [3.63, 3.8) is 0 Å². The van der Waals surface area contributed by atoms with E-state index in [1.54, 1.807) is 0 Å². The summed E-state index contributed by atoms with van der Waals surface area (Å²) < 4.78 is 2.15. The second-order valence-electron chi connectivity index (χ2n) is 7.61. The highest BCUT2D eigenvalue weighted by atomic mass is 16.3. The van der Waals surface area contributed by atoms with Crippen LogP contribution in [0.3, 0.4) is 0 Å². The van der Waals surface area contributed by atoms with E-state index in [2.05, 4.69) is 32.4 Å². The van der Waals surface area contributed by atoms with Gasteiger partial charge in [-0.3, -0.25) is 4.57 Å². The second-order valence-corrected chi connectivity index (χ2v) is 7.61. The smallest absolute Gasteiger partial charge is 0.139 e. The zero-order chi connectivity index (χ0) is 19.1. The molecule has 0 unspecified atom stereocenters. The molecule has 0 radical (unpaired) electrons. The molecule has 4 aromatic rings. The minimum absolute atomic E-state index is 0.766. The Hall–Kier alpha value is -3.10. The summed E-state index contributed by atoms with van der Waals surface area (Å²) in [6.45, 7) is 2.01. The van der Waals surface area contributed by atoms with Crippen molar-refractivity contribution in [3.8, 4) is 17.5 Å². The molecule has 1 fully saturated rings. The molecule has 140 valence electrons. The van der Waals surface area contributed by atoms with E-state index in [0.29, 0.717) is 0 Å². The van der Waals surface area contributed by atoms with Gasteiger partial charge in [-0.2, -0.15) is 0 Å². The number of hydrogen-bond donors (Lipinski definition) is 2. The molecule has 5 nitrogen and oxygen atoms in total. The molecular weight excluding hydrogens is 348 g/mol. The maximum atomic E-state index is 10.7. The Morgan fingerprint density at radius 2 is 2.00 bits per heavy atom. The molecule has 28 heavy (non-hydrogen) atoms. The van der Waals surface area contributed by atoms with Gasteiger partial charge >= 0.3 is 0 Å². The summed E-state index contributed by atoms with van der Waals surface area (Å²) in [6, 6.07) is 10.1. The number of benzene rings is 1. The van der Waals surface area contributed by atoms with Crippen LogP contribution in [0.5, 0.6) is 0 Å². The van der Waals surface area contributed by atoms with Crippen molar-refractivity contribution >= 4 is 22.1 Å². The SMILES string of the molecule is Cc1nc2ccc(C#CC3(O)CCCCC3)cc2n1-c1ccnc2[nH]ccc12. The fraction of sp³-hybridized carbons (Fsp3) is 0.304. The molecule has 0 spiro atoms. The number of aromatic amines is 1. The summed E-state index contributed by atoms with van der Waals surface area (Å²) in [5, 5.41) is 11.7. The summed E-state index contributed by atoms with van der Waals surface area (Å²) in [4.78, 5) is 12.3. The number of aryl methyl sites for hydroxylation is 1. The van der Waals surface area contributed by atoms with Crippen molar-refractivity contribution in [3.05, 3.63) is 54.1 Å². The van der Waals surface area contributed by atoms with E-state index in [-0.39, 0.29) is 0 Å². The number of fused-ring (bicyclic) bond motifs is 2. The van der Waals surface area contributed by atoms with Gasteiger partial charge in [0, 0.05) is 23.3 Å². The van der Waals surface area contributed by atoms with Crippen LogP contribution in [0.15, 0.2) is 42.7 Å². The minimum atomic E-state index is -0.842. The van der Waals surface area contributed by atoms with Crippen LogP contribution in [-0.4, -0.2) is 30.2 Å². The first kappa shape index (κ1) is 17.0. The molecule has 5 heteroatoms. The lowest BCUT2D eigenvalue weighted by Crippen LogP contribution is -2.29. The normalized spacial score (nSPS) is 16.2. The summed E-state index contributed by atoms with van der Waals surface area (Å²) in [6.07, 6.45) is 8.52. The largest absolute Gasteiger partial charge is 0.378 e. The number of nitrogens with zero attached hydrogens (tertiary/aromatic N) is 3. The molecule has 1 aromatic carbocycles. The molecule has 3 heterocycles. The highest BCUT2D eigenvalue weighted by molar-refractivity contribution is 5.89. The Balaban J connectivity index is 1.63. The first-order chi connectivity index (χ1) is 13.6. The molecule has 5 rings (SSSR count). The molecule has 0 atom stereocenters. The first-order valence-corrected chi connectivity index (χ1v) is 9.80. The Morgan fingerprint density at radius 1 is 1.14 bits per heavy atom. The number of H-pyrrole nitrogens is 1. The zero-order valence-corrected chi connectivity index (χ0v) is 15.9. The van der Waals surface area contributed by atoms with Gasteiger partial charge in [-0.25, -0.2) is 9.97 Å². The van der Waals surface area contributed by atoms with Crippen molar-refractivity contribution < 1.29 is 5.11 Å². The number of aliphatic hydroxyl groups is 1. The Kier molecular flexibility index (Phi) is 3.96. The molecule has 2 N–H and O–H groups in total. The third-order valence-corrected chi connectivity index (χ3v) is 5.62. The second kappa shape index (κ2) is 6.50. The number of rotatable bonds is 1. The number of pyridine rings is 1. The van der Waals surface area contributed by atoms with E-state index in [0.717, 1.165) is 64.8 Å². The van der Waals surface area contributed by atoms with Crippen LogP contribution in [0.25, 0.3) is 27.8 Å². The Morgan fingerprint density at radius 3 is 2.86 bits per heavy atom. The lowest BCUT2D eigenvalue weighted by Gasteiger charge is -2.26. The maximum Gasteiger partial charge on any atom is 0.139 e. The third-order valence-electron chi connectivity index (χ3n) is 5.62. The van der Waals surface area contributed by atoms with Crippen molar-refractivity contribution in [2.75, 3.05) is 0 Å². The van der Waals surface area contributed by atoms with Crippen LogP contribution >= 0.6 is 0 Å². The van der Waals surface area contributed by atoms with Gasteiger partial charge in [0.25, 0.3) is 0 Å². The summed E-state index contributed by atoms with van der Waals surface area (Å²) in [7, 11) is 0. The topological polar surface area (TPSA) is 66.7 Å². The van der Waals surface area contributed by atoms with E-state index >= 15 is 0 Å². The van der Waals surface area contributed by atoms with Crippen LogP contribution < -0.4 is 0 Å². The molecule has 0 saturated heterocycles. The molecular formula is C23H22N4O. The van der Waals surface area contributed by atoms with Gasteiger partial charge in [-0.05, 0) is 62.9 Å². The van der Waals surface area contributed by atoms with Gasteiger partial charge in [-0.15, -0.1) is 0 Å². The van der Waals surface area contributed by atoms with Crippen LogP contribution in [-0.2, 0) is 0 Å². The standard InChI is InChI=1S/C23H22N4O/c1-16-26-19-6-5-17(7-12-23(28)10-3-2-4-11-23)15-21(19)27(16)20-9-14-25-22-18(20)8-13-24-22/h5-6,8-9,13-15,28H,2-4,10-11H2,1H3,(H,24,25). The quantitative estimate of drug-likeness (QED) is 0.492. The van der Waals surface area contributed by atoms with Gasteiger partial charge in [0.15, 0.2) is 0 Å². The molecule has 1 aliphatic carbocycles. The highest BCUT2D eigenvalue weighted by Crippen LogP contribution is 2.28. The lowest BCUT2D eigenvalue weighted by molar-refractivity contribution is 0.0610. The van der Waals surface area contributed by atoms with E-state index in [4.69, 9.17) is 4.98 Å². The molecule has 1 aliphatic rings. The molecule has 3 aromatic heterocycles. The zero-order valence-electron chi connectivity index (χ0n) is 15.9. The molecule has 0 amide bonds. The summed E-state index contributed by atoms with van der Waals surface area (Å²) >= 11 is 0. The predicted molar refractivity (Wildman–Crippen MR) is 110 cm³/mol. The van der Waals surface area contributed by atoms with Crippen molar-refractivity contribution in [2.24, 2.45) is 0 Å². The van der Waals surface area contributed by atoms with Crippen LogP contribution in [0, 0.1) is 18.8 Å². The van der Waals surface area contributed by atoms with Crippen LogP contribution in [0.2, 0.25) is 0 Å². The Bertz CT molecular complexity index is 1230. The average Bonchev–Trinajstić information content (AvgIpc) is 3.30. The van der Waals surface area contributed by atoms with Gasteiger partial charge in [0.05, 0.1) is 16.7 Å². The maximum absolute atomic E-state index is 10.7. The van der Waals surface area contributed by atoms with Crippen molar-refractivity contribution in [1.29, 1.82) is 0 Å². The third kappa shape index (κ3) is 2.87. The first-order valence-electron chi connectivity index (χ1n) is 9.80. The van der Waals surface area contributed by atoms with Gasteiger partial charge in [0.2, 0.25) is 0 Å². The molecule has 0 aliphatic heterocycles. The van der Waals surface area contributed by atoms with Crippen molar-refractivity contribution in [1.82, 2.24) is 19.5 Å². The van der Waals surface area contributed by atoms with E-state index in [1.807, 2.05) is 43.6 Å². The van der Waals surface area contributed by atoms with E-state index < -0.39 is 5.60 Å². The van der Waals surface area contributed by atoms with Gasteiger partial charge in [0.1, 0.15) is 17.1 Å². The van der Waals surface area contributed by atoms with E-state index in [9.17, 15) is 5.11 Å². The number of imidazole rings is 1. The van der Waals surface area contributed by atoms with E-state index in [1.165, 1.54) is 6.42 Å². The van der Waals surface area contributed by atoms with Gasteiger partial charge in [-0.1, -0.05) is 18.3 Å². The fourth-order valence-corrected chi connectivity index (χ4v) is 4.17. The Labute approximate surface area is 163 Å². The minimum Gasteiger partial charge on any atom is -0.378 e. The van der Waals surface area contributed by atoms with Crippen LogP contribution in [0.1, 0.15) is 43.5 Å². The monoisotopic (exact) mass is 370 g/mol. The summed E-state index contributed by atoms with van der Waals surface area (Å²) in [5.74, 6) is 7.26. The highest BCUT2D eigenvalue weighted by Gasteiger charge is 2.26.